The van der Waals surface area contributed by atoms with Gasteiger partial charge in [-0.05, 0) is 36.4 Å². The number of thiophene rings is 1. The molecule has 0 unspecified atom stereocenters. The van der Waals surface area contributed by atoms with Crippen molar-refractivity contribution in [3.63, 3.8) is 0 Å². The van der Waals surface area contributed by atoms with Gasteiger partial charge in [-0.2, -0.15) is 0 Å². The molecule has 3 aromatic heterocycles. The van der Waals surface area contributed by atoms with Gasteiger partial charge in [0.15, 0.2) is 11.5 Å². The highest BCUT2D eigenvalue weighted by Crippen LogP contribution is 2.21. The summed E-state index contributed by atoms with van der Waals surface area (Å²) in [4.78, 5) is 37.0. The number of pyridine rings is 1. The molecule has 0 saturated carbocycles. The third kappa shape index (κ3) is 3.57. The molecule has 27 heavy (non-hydrogen) atoms. The molecule has 0 spiro atoms. The first-order valence-electron chi connectivity index (χ1n) is 9.00. The summed E-state index contributed by atoms with van der Waals surface area (Å²) in [5.41, 5.74) is 1.13. The Morgan fingerprint density at radius 3 is 2.85 bits per heavy atom. The topological polar surface area (TPSA) is 80.1 Å². The lowest BCUT2D eigenvalue weighted by molar-refractivity contribution is -0.125. The Hall–Kier alpha value is -2.74. The highest BCUT2D eigenvalue weighted by Gasteiger charge is 2.27. The van der Waals surface area contributed by atoms with Crippen LogP contribution in [0.5, 0.6) is 0 Å². The molecule has 8 heteroatoms. The molecule has 3 aromatic rings. The fraction of sp³-hybridized carbons (Fsp3) is 0.368. The smallest absolute Gasteiger partial charge is 0.294 e. The fourth-order valence-corrected chi connectivity index (χ4v) is 4.08. The number of aryl methyl sites for hydroxylation is 1. The van der Waals surface area contributed by atoms with Crippen molar-refractivity contribution in [1.82, 2.24) is 19.9 Å². The summed E-state index contributed by atoms with van der Waals surface area (Å²) in [5, 5.41) is 5.02. The fourth-order valence-electron chi connectivity index (χ4n) is 3.43. The van der Waals surface area contributed by atoms with Crippen molar-refractivity contribution >= 4 is 34.2 Å². The summed E-state index contributed by atoms with van der Waals surface area (Å²) < 4.78 is 1.54. The van der Waals surface area contributed by atoms with Gasteiger partial charge >= 0.3 is 0 Å². The third-order valence-electron chi connectivity index (χ3n) is 4.99. The van der Waals surface area contributed by atoms with E-state index in [0.29, 0.717) is 49.5 Å². The minimum atomic E-state index is -0.151. The van der Waals surface area contributed by atoms with Gasteiger partial charge in [-0.1, -0.05) is 6.07 Å². The first-order chi connectivity index (χ1) is 13.1. The maximum atomic E-state index is 12.7. The van der Waals surface area contributed by atoms with Gasteiger partial charge in [0.1, 0.15) is 5.52 Å². The molecule has 0 atom stereocenters. The highest BCUT2D eigenvalue weighted by molar-refractivity contribution is 7.09. The van der Waals surface area contributed by atoms with E-state index in [4.69, 9.17) is 0 Å². The molecule has 140 valence electrons. The maximum absolute atomic E-state index is 12.7. The zero-order valence-electron chi connectivity index (χ0n) is 15.1. The maximum Gasteiger partial charge on any atom is 0.294 e. The van der Waals surface area contributed by atoms with Crippen molar-refractivity contribution in [2.75, 3.05) is 18.0 Å². The third-order valence-corrected chi connectivity index (χ3v) is 5.86. The average Bonchev–Trinajstić information content (AvgIpc) is 3.23. The molecular formula is C19H21N5O2S. The minimum absolute atomic E-state index is 0.0211. The number of hydrogen-bond donors (Lipinski definition) is 1. The van der Waals surface area contributed by atoms with E-state index in [1.807, 2.05) is 34.5 Å². The monoisotopic (exact) mass is 383 g/mol. The van der Waals surface area contributed by atoms with Crippen LogP contribution < -0.4 is 15.8 Å². The predicted octanol–water partition coefficient (Wildman–Crippen LogP) is 1.92. The first kappa shape index (κ1) is 17.7. The Labute approximate surface area is 160 Å². The second-order valence-electron chi connectivity index (χ2n) is 6.70. The lowest BCUT2D eigenvalue weighted by Crippen LogP contribution is -2.43. The van der Waals surface area contributed by atoms with Gasteiger partial charge in [-0.15, -0.1) is 11.3 Å². The number of anilines is 1. The molecule has 1 aliphatic rings. The van der Waals surface area contributed by atoms with Gasteiger partial charge in [0, 0.05) is 37.1 Å². The van der Waals surface area contributed by atoms with E-state index >= 15 is 0 Å². The molecular weight excluding hydrogens is 362 g/mol. The lowest BCUT2D eigenvalue weighted by atomic mass is 9.96. The van der Waals surface area contributed by atoms with Gasteiger partial charge < -0.3 is 10.2 Å². The molecule has 1 N–H and O–H groups in total. The molecule has 4 heterocycles. The van der Waals surface area contributed by atoms with E-state index in [1.54, 1.807) is 24.6 Å². The second-order valence-corrected chi connectivity index (χ2v) is 7.74. The molecule has 0 bridgehead atoms. The zero-order valence-corrected chi connectivity index (χ0v) is 15.9. The predicted molar refractivity (Wildman–Crippen MR) is 106 cm³/mol. The van der Waals surface area contributed by atoms with Crippen LogP contribution in [0.2, 0.25) is 0 Å². The Morgan fingerprint density at radius 2 is 2.11 bits per heavy atom. The molecule has 1 saturated heterocycles. The number of carbonyl (C=O) groups excluding carboxylic acids is 1. The van der Waals surface area contributed by atoms with Crippen LogP contribution >= 0.6 is 11.3 Å². The van der Waals surface area contributed by atoms with Crippen molar-refractivity contribution in [2.45, 2.75) is 19.4 Å². The average molecular weight is 383 g/mol. The summed E-state index contributed by atoms with van der Waals surface area (Å²) in [6.07, 6.45) is 3.09. The normalized spacial score (nSPS) is 15.2. The Morgan fingerprint density at radius 1 is 1.30 bits per heavy atom. The van der Waals surface area contributed by atoms with Crippen LogP contribution in [0.4, 0.5) is 5.82 Å². The number of hydrogen-bond acceptors (Lipinski definition) is 6. The molecule has 1 fully saturated rings. The lowest BCUT2D eigenvalue weighted by Gasteiger charge is -2.31. The van der Waals surface area contributed by atoms with Crippen LogP contribution in [0.25, 0.3) is 11.2 Å². The number of fused-ring (bicyclic) bond motifs is 1. The van der Waals surface area contributed by atoms with Crippen LogP contribution in [0.15, 0.2) is 40.6 Å². The van der Waals surface area contributed by atoms with Crippen LogP contribution in [0, 0.1) is 5.92 Å². The molecule has 1 amide bonds. The second kappa shape index (κ2) is 7.48. The van der Waals surface area contributed by atoms with Crippen molar-refractivity contribution in [3.8, 4) is 0 Å². The quantitative estimate of drug-likeness (QED) is 0.745. The number of nitrogens with zero attached hydrogens (tertiary/aromatic N) is 4. The van der Waals surface area contributed by atoms with Crippen molar-refractivity contribution in [1.29, 1.82) is 0 Å². The number of piperidine rings is 1. The zero-order chi connectivity index (χ0) is 18.8. The van der Waals surface area contributed by atoms with Gasteiger partial charge in [0.05, 0.1) is 6.54 Å². The molecule has 1 aliphatic heterocycles. The van der Waals surface area contributed by atoms with Gasteiger partial charge in [0.25, 0.3) is 5.56 Å². The number of carbonyl (C=O) groups is 1. The minimum Gasteiger partial charge on any atom is -0.352 e. The van der Waals surface area contributed by atoms with Crippen LogP contribution in [0.1, 0.15) is 17.7 Å². The van der Waals surface area contributed by atoms with E-state index < -0.39 is 0 Å². The van der Waals surface area contributed by atoms with E-state index in [-0.39, 0.29) is 17.4 Å². The van der Waals surface area contributed by atoms with Crippen LogP contribution in [-0.4, -0.2) is 33.5 Å². The van der Waals surface area contributed by atoms with E-state index in [0.717, 1.165) is 4.88 Å². The first-order valence-corrected chi connectivity index (χ1v) is 9.88. The van der Waals surface area contributed by atoms with Crippen molar-refractivity contribution in [3.05, 3.63) is 51.1 Å². The van der Waals surface area contributed by atoms with Crippen molar-refractivity contribution < 1.29 is 4.79 Å². The number of aromatic nitrogens is 3. The summed E-state index contributed by atoms with van der Waals surface area (Å²) in [7, 11) is 1.72. The summed E-state index contributed by atoms with van der Waals surface area (Å²) in [5.74, 6) is 0.509. The number of nitrogens with one attached hydrogen (secondary N) is 1. The molecule has 0 aliphatic carbocycles. The van der Waals surface area contributed by atoms with Gasteiger partial charge in [-0.3, -0.25) is 14.2 Å². The number of amides is 1. The summed E-state index contributed by atoms with van der Waals surface area (Å²) in [6, 6.07) is 7.67. The largest absolute Gasteiger partial charge is 0.352 e. The summed E-state index contributed by atoms with van der Waals surface area (Å²) >= 11 is 1.64. The Balaban J connectivity index is 1.43. The molecule has 7 nitrogen and oxygen atoms in total. The van der Waals surface area contributed by atoms with E-state index in [1.165, 1.54) is 4.57 Å². The van der Waals surface area contributed by atoms with E-state index in [2.05, 4.69) is 15.3 Å². The van der Waals surface area contributed by atoms with Crippen LogP contribution in [-0.2, 0) is 18.4 Å². The van der Waals surface area contributed by atoms with Crippen LogP contribution in [0.3, 0.4) is 0 Å². The SMILES string of the molecule is Cn1c(=O)c(N2CCC(C(=O)NCc3cccs3)CC2)nc2cccnc21. The molecule has 4 rings (SSSR count). The van der Waals surface area contributed by atoms with Crippen molar-refractivity contribution in [2.24, 2.45) is 13.0 Å². The highest BCUT2D eigenvalue weighted by atomic mass is 32.1. The Kier molecular flexibility index (Phi) is 4.89. The summed E-state index contributed by atoms with van der Waals surface area (Å²) in [6.45, 7) is 1.87. The Bertz CT molecular complexity index is 1010. The van der Waals surface area contributed by atoms with Gasteiger partial charge in [-0.25, -0.2) is 9.97 Å². The standard InChI is InChI=1S/C19H21N5O2S/c1-23-16-15(5-2-8-20-16)22-17(19(23)26)24-9-6-13(7-10-24)18(25)21-12-14-4-3-11-27-14/h2-5,8,11,13H,6-7,9-10,12H2,1H3,(H,21,25). The molecule has 0 radical (unpaired) electrons. The number of rotatable bonds is 4. The molecule has 0 aromatic carbocycles. The van der Waals surface area contributed by atoms with Gasteiger partial charge in [0.2, 0.25) is 5.91 Å². The van der Waals surface area contributed by atoms with E-state index in [9.17, 15) is 9.59 Å².